The first-order chi connectivity index (χ1) is 8.83. The zero-order valence-corrected chi connectivity index (χ0v) is 10.3. The van der Waals surface area contributed by atoms with E-state index in [4.69, 9.17) is 4.74 Å². The van der Waals surface area contributed by atoms with Crippen LogP contribution in [0.3, 0.4) is 0 Å². The van der Waals surface area contributed by atoms with Gasteiger partial charge in [-0.05, 0) is 28.3 Å². The highest BCUT2D eigenvalue weighted by atomic mass is 19.1. The first kappa shape index (κ1) is 12.5. The van der Waals surface area contributed by atoms with Crippen LogP contribution in [0.4, 0.5) is 4.39 Å². The third-order valence-corrected chi connectivity index (χ3v) is 2.76. The van der Waals surface area contributed by atoms with E-state index in [1.54, 1.807) is 7.11 Å². The van der Waals surface area contributed by atoms with Gasteiger partial charge in [-0.25, -0.2) is 4.39 Å². The Kier molecular flexibility index (Phi) is 4.26. The minimum Gasteiger partial charge on any atom is -0.380 e. The molecule has 0 aliphatic carbocycles. The molecule has 0 N–H and O–H groups in total. The van der Waals surface area contributed by atoms with E-state index >= 15 is 0 Å². The minimum absolute atomic E-state index is 0.550. The fraction of sp³-hybridized carbons (Fsp3) is 0.125. The van der Waals surface area contributed by atoms with E-state index in [1.165, 1.54) is 6.08 Å². The molecule has 0 aliphatic heterocycles. The summed E-state index contributed by atoms with van der Waals surface area (Å²) < 4.78 is 17.1. The summed E-state index contributed by atoms with van der Waals surface area (Å²) in [5.74, 6) is 0. The fourth-order valence-corrected chi connectivity index (χ4v) is 1.82. The van der Waals surface area contributed by atoms with Gasteiger partial charge in [0.2, 0.25) is 0 Å². The molecule has 2 aromatic rings. The van der Waals surface area contributed by atoms with Crippen molar-refractivity contribution in [2.45, 2.75) is 6.61 Å². The van der Waals surface area contributed by atoms with E-state index in [0.717, 1.165) is 22.3 Å². The number of methoxy groups -OCH3 is 1. The van der Waals surface area contributed by atoms with Crippen LogP contribution in [0.5, 0.6) is 0 Å². The van der Waals surface area contributed by atoms with Crippen LogP contribution in [0.25, 0.3) is 17.2 Å². The number of rotatable bonds is 4. The number of hydrogen-bond acceptors (Lipinski definition) is 1. The second-order valence-corrected chi connectivity index (χ2v) is 4.04. The van der Waals surface area contributed by atoms with Crippen LogP contribution in [0, 0.1) is 0 Å². The maximum Gasteiger partial charge on any atom is 0.0872 e. The van der Waals surface area contributed by atoms with Gasteiger partial charge in [0.05, 0.1) is 12.9 Å². The van der Waals surface area contributed by atoms with Crippen LogP contribution in [0.1, 0.15) is 11.1 Å². The van der Waals surface area contributed by atoms with Gasteiger partial charge in [-0.3, -0.25) is 0 Å². The molecule has 2 aromatic carbocycles. The molecule has 0 radical (unpaired) electrons. The summed E-state index contributed by atoms with van der Waals surface area (Å²) in [7, 11) is 1.69. The highest BCUT2D eigenvalue weighted by Crippen LogP contribution is 2.21. The van der Waals surface area contributed by atoms with Gasteiger partial charge in [0.25, 0.3) is 0 Å². The first-order valence-corrected chi connectivity index (χ1v) is 5.78. The lowest BCUT2D eigenvalue weighted by Gasteiger charge is -2.04. The monoisotopic (exact) mass is 242 g/mol. The van der Waals surface area contributed by atoms with Crippen molar-refractivity contribution in [1.82, 2.24) is 0 Å². The predicted octanol–water partition coefficient (Wildman–Crippen LogP) is 4.44. The van der Waals surface area contributed by atoms with Crippen LogP contribution < -0.4 is 0 Å². The van der Waals surface area contributed by atoms with E-state index in [-0.39, 0.29) is 0 Å². The summed E-state index contributed by atoms with van der Waals surface area (Å²) in [5, 5.41) is 0. The molecule has 2 rings (SSSR count). The number of ether oxygens (including phenoxy) is 1. The van der Waals surface area contributed by atoms with Crippen molar-refractivity contribution in [3.05, 3.63) is 66.0 Å². The Morgan fingerprint density at radius 3 is 2.00 bits per heavy atom. The lowest BCUT2D eigenvalue weighted by Crippen LogP contribution is -1.87. The summed E-state index contributed by atoms with van der Waals surface area (Å²) >= 11 is 0. The Morgan fingerprint density at radius 1 is 0.944 bits per heavy atom. The van der Waals surface area contributed by atoms with Crippen molar-refractivity contribution in [1.29, 1.82) is 0 Å². The highest BCUT2D eigenvalue weighted by Gasteiger charge is 1.98. The van der Waals surface area contributed by atoms with Crippen molar-refractivity contribution in [3.63, 3.8) is 0 Å². The molecule has 0 saturated heterocycles. The van der Waals surface area contributed by atoms with Gasteiger partial charge in [0.15, 0.2) is 0 Å². The molecule has 0 bridgehead atoms. The SMILES string of the molecule is COCc1ccc(-c2ccc(/C=C/F)cc2)cc1. The summed E-state index contributed by atoms with van der Waals surface area (Å²) in [6.07, 6.45) is 1.99. The van der Waals surface area contributed by atoms with Crippen LogP contribution in [-0.4, -0.2) is 7.11 Å². The molecular formula is C16H15FO. The normalized spacial score (nSPS) is 11.0. The number of hydrogen-bond donors (Lipinski definition) is 0. The Bertz CT molecular complexity index is 512. The molecule has 0 atom stereocenters. The van der Waals surface area contributed by atoms with Gasteiger partial charge >= 0.3 is 0 Å². The quantitative estimate of drug-likeness (QED) is 0.770. The molecule has 1 nitrogen and oxygen atoms in total. The van der Waals surface area contributed by atoms with Gasteiger partial charge in [-0.1, -0.05) is 48.5 Å². The van der Waals surface area contributed by atoms with Crippen molar-refractivity contribution in [2.24, 2.45) is 0 Å². The topological polar surface area (TPSA) is 9.23 Å². The zero-order chi connectivity index (χ0) is 12.8. The van der Waals surface area contributed by atoms with E-state index < -0.39 is 0 Å². The van der Waals surface area contributed by atoms with E-state index in [1.807, 2.05) is 36.4 Å². The maximum absolute atomic E-state index is 12.0. The Labute approximate surface area is 107 Å². The van der Waals surface area contributed by atoms with Crippen LogP contribution in [0.2, 0.25) is 0 Å². The molecule has 0 aromatic heterocycles. The number of halogens is 1. The van der Waals surface area contributed by atoms with Gasteiger partial charge in [-0.2, -0.15) is 0 Å². The summed E-state index contributed by atoms with van der Waals surface area (Å²) in [5.41, 5.74) is 4.27. The average Bonchev–Trinajstić information content (AvgIpc) is 2.41. The fourth-order valence-electron chi connectivity index (χ4n) is 1.82. The average molecular weight is 242 g/mol. The number of benzene rings is 2. The Morgan fingerprint density at radius 2 is 1.50 bits per heavy atom. The third kappa shape index (κ3) is 3.05. The third-order valence-electron chi connectivity index (χ3n) is 2.76. The second-order valence-electron chi connectivity index (χ2n) is 4.04. The highest BCUT2D eigenvalue weighted by molar-refractivity contribution is 5.65. The lowest BCUT2D eigenvalue weighted by molar-refractivity contribution is 0.185. The van der Waals surface area contributed by atoms with Gasteiger partial charge in [0, 0.05) is 7.11 Å². The molecule has 18 heavy (non-hydrogen) atoms. The molecule has 0 aliphatic rings. The van der Waals surface area contributed by atoms with Gasteiger partial charge in [0.1, 0.15) is 0 Å². The van der Waals surface area contributed by atoms with Crippen molar-refractivity contribution < 1.29 is 9.13 Å². The maximum atomic E-state index is 12.0. The predicted molar refractivity (Wildman–Crippen MR) is 72.7 cm³/mol. The molecular weight excluding hydrogens is 227 g/mol. The first-order valence-electron chi connectivity index (χ1n) is 5.78. The molecule has 0 heterocycles. The van der Waals surface area contributed by atoms with Crippen molar-refractivity contribution >= 4 is 6.08 Å². The standard InChI is InChI=1S/C16H15FO/c1-18-12-14-4-8-16(9-5-14)15-6-2-13(3-7-15)10-11-17/h2-11H,12H2,1H3/b11-10+. The van der Waals surface area contributed by atoms with E-state index in [0.29, 0.717) is 12.9 Å². The molecule has 0 unspecified atom stereocenters. The Balaban J connectivity index is 2.20. The summed E-state index contributed by atoms with van der Waals surface area (Å²) in [6, 6.07) is 16.0. The molecule has 0 fully saturated rings. The smallest absolute Gasteiger partial charge is 0.0872 e. The second kappa shape index (κ2) is 6.12. The molecule has 0 spiro atoms. The van der Waals surface area contributed by atoms with E-state index in [9.17, 15) is 4.39 Å². The van der Waals surface area contributed by atoms with Crippen LogP contribution >= 0.6 is 0 Å². The largest absolute Gasteiger partial charge is 0.380 e. The van der Waals surface area contributed by atoms with Crippen molar-refractivity contribution in [3.8, 4) is 11.1 Å². The minimum atomic E-state index is 0.550. The summed E-state index contributed by atoms with van der Waals surface area (Å²) in [4.78, 5) is 0. The van der Waals surface area contributed by atoms with Crippen molar-refractivity contribution in [2.75, 3.05) is 7.11 Å². The molecule has 0 amide bonds. The lowest BCUT2D eigenvalue weighted by atomic mass is 10.0. The van der Waals surface area contributed by atoms with E-state index in [2.05, 4.69) is 12.1 Å². The van der Waals surface area contributed by atoms with Gasteiger partial charge in [-0.15, -0.1) is 0 Å². The van der Waals surface area contributed by atoms with Crippen LogP contribution in [-0.2, 0) is 11.3 Å². The Hall–Kier alpha value is -1.93. The zero-order valence-electron chi connectivity index (χ0n) is 10.3. The molecule has 2 heteroatoms. The van der Waals surface area contributed by atoms with Gasteiger partial charge < -0.3 is 4.74 Å². The van der Waals surface area contributed by atoms with Crippen LogP contribution in [0.15, 0.2) is 54.9 Å². The molecule has 0 saturated carbocycles. The molecule has 92 valence electrons. The summed E-state index contributed by atoms with van der Waals surface area (Å²) in [6.45, 7) is 0.626.